The number of nitrogens with zero attached hydrogens (tertiary/aromatic N) is 4. The van der Waals surface area contributed by atoms with E-state index in [1.807, 2.05) is 5.10 Å². The van der Waals surface area contributed by atoms with Gasteiger partial charge in [0.05, 0.1) is 34.2 Å². The molecule has 0 saturated heterocycles. The van der Waals surface area contributed by atoms with Crippen LogP contribution in [-0.2, 0) is 11.0 Å². The predicted octanol–water partition coefficient (Wildman–Crippen LogP) is 3.51. The molecule has 6 N–H and O–H groups in total. The lowest BCUT2D eigenvalue weighted by Crippen LogP contribution is -2.30. The van der Waals surface area contributed by atoms with Gasteiger partial charge in [0, 0.05) is 37.6 Å². The van der Waals surface area contributed by atoms with Crippen LogP contribution >= 0.6 is 11.6 Å². The van der Waals surface area contributed by atoms with Gasteiger partial charge in [-0.2, -0.15) is 18.3 Å². The highest BCUT2D eigenvalue weighted by Crippen LogP contribution is 2.36. The first kappa shape index (κ1) is 27.9. The second kappa shape index (κ2) is 12.1. The highest BCUT2D eigenvalue weighted by molar-refractivity contribution is 6.34. The van der Waals surface area contributed by atoms with Crippen LogP contribution in [0.25, 0.3) is 16.9 Å². The fourth-order valence-electron chi connectivity index (χ4n) is 3.78. The highest BCUT2D eigenvalue weighted by Gasteiger charge is 2.36. The Morgan fingerprint density at radius 3 is 2.64 bits per heavy atom. The summed E-state index contributed by atoms with van der Waals surface area (Å²) >= 11 is 6.34. The highest BCUT2D eigenvalue weighted by atomic mass is 35.5. The van der Waals surface area contributed by atoms with Crippen molar-refractivity contribution in [3.8, 4) is 11.3 Å². The number of hydrogen-bond donors (Lipinski definition) is 5. The maximum Gasteiger partial charge on any atom is 0.433 e. The van der Waals surface area contributed by atoms with Gasteiger partial charge in [-0.3, -0.25) is 19.1 Å². The number of carbonyl (C=O) groups excluding carboxylic acids is 2. The number of rotatable bonds is 11. The van der Waals surface area contributed by atoms with Crippen LogP contribution in [0.5, 0.6) is 0 Å². The van der Waals surface area contributed by atoms with Crippen molar-refractivity contribution in [1.29, 1.82) is 0 Å². The number of nitrogens with two attached hydrogens (primary N) is 1. The summed E-state index contributed by atoms with van der Waals surface area (Å²) < 4.78 is 41.5. The van der Waals surface area contributed by atoms with Crippen LogP contribution in [0.15, 0.2) is 43.0 Å². The van der Waals surface area contributed by atoms with Crippen molar-refractivity contribution < 1.29 is 22.8 Å². The Hall–Kier alpha value is -4.17. The standard InChI is InChI=1S/C24H25ClF3N9O2/c25-17-11-14(4-5-15(17)23(39)32-8-2-7-30-19(38)3-1-6-29)35-21-22-33-13-18(37(22)10-9-31-21)16-12-34-36-20(16)24(26,27)28/h4-5,9-13H,1-3,6-8,29H2,(H,30,38)(H,31,35)(H,32,39)(H,34,36). The van der Waals surface area contributed by atoms with Crippen LogP contribution in [0.2, 0.25) is 5.02 Å². The lowest BCUT2D eigenvalue weighted by Gasteiger charge is -2.11. The molecule has 4 aromatic rings. The molecule has 0 aliphatic rings. The molecule has 0 aliphatic heterocycles. The Labute approximate surface area is 225 Å². The minimum Gasteiger partial charge on any atom is -0.356 e. The Morgan fingerprint density at radius 1 is 1.10 bits per heavy atom. The first-order chi connectivity index (χ1) is 18.7. The SMILES string of the molecule is NCCCC(=O)NCCCNC(=O)c1ccc(Nc2nccn3c(-c4cn[nH]c4C(F)(F)F)cnc23)cc1Cl. The summed E-state index contributed by atoms with van der Waals surface area (Å²) in [4.78, 5) is 32.6. The maximum absolute atomic E-state index is 13.4. The number of amides is 2. The molecular weight excluding hydrogens is 539 g/mol. The number of aromatic nitrogens is 5. The van der Waals surface area contributed by atoms with Gasteiger partial charge in [0.15, 0.2) is 11.5 Å². The van der Waals surface area contributed by atoms with Gasteiger partial charge in [0.2, 0.25) is 5.91 Å². The third-order valence-corrected chi connectivity index (χ3v) is 5.99. The van der Waals surface area contributed by atoms with Gasteiger partial charge < -0.3 is 21.7 Å². The molecule has 4 rings (SSSR count). The molecule has 39 heavy (non-hydrogen) atoms. The largest absolute Gasteiger partial charge is 0.433 e. The fraction of sp³-hybridized carbons (Fsp3) is 0.292. The minimum atomic E-state index is -4.62. The Bertz CT molecular complexity index is 1470. The van der Waals surface area contributed by atoms with Gasteiger partial charge in [0.25, 0.3) is 5.91 Å². The van der Waals surface area contributed by atoms with E-state index in [2.05, 4.69) is 31.0 Å². The van der Waals surface area contributed by atoms with Gasteiger partial charge in [-0.25, -0.2) is 9.97 Å². The Morgan fingerprint density at radius 2 is 1.90 bits per heavy atom. The van der Waals surface area contributed by atoms with Crippen molar-refractivity contribution in [1.82, 2.24) is 35.2 Å². The Balaban J connectivity index is 1.41. The molecule has 0 fully saturated rings. The molecule has 15 heteroatoms. The van der Waals surface area contributed by atoms with E-state index in [9.17, 15) is 22.8 Å². The van der Waals surface area contributed by atoms with E-state index >= 15 is 0 Å². The van der Waals surface area contributed by atoms with E-state index in [4.69, 9.17) is 17.3 Å². The van der Waals surface area contributed by atoms with Gasteiger partial charge in [-0.15, -0.1) is 0 Å². The zero-order valence-corrected chi connectivity index (χ0v) is 21.2. The van der Waals surface area contributed by atoms with Crippen molar-refractivity contribution in [2.24, 2.45) is 5.73 Å². The number of hydrogen-bond acceptors (Lipinski definition) is 7. The number of carbonyl (C=O) groups is 2. The van der Waals surface area contributed by atoms with E-state index in [-0.39, 0.29) is 45.1 Å². The molecule has 0 unspecified atom stereocenters. The summed E-state index contributed by atoms with van der Waals surface area (Å²) in [7, 11) is 0. The molecule has 3 aromatic heterocycles. The number of nitrogens with one attached hydrogen (secondary N) is 4. The number of anilines is 2. The van der Waals surface area contributed by atoms with Crippen LogP contribution in [0.1, 0.15) is 35.3 Å². The van der Waals surface area contributed by atoms with Gasteiger partial charge in [-0.05, 0) is 37.6 Å². The van der Waals surface area contributed by atoms with Crippen molar-refractivity contribution in [2.75, 3.05) is 25.0 Å². The predicted molar refractivity (Wildman–Crippen MR) is 139 cm³/mol. The zero-order chi connectivity index (χ0) is 28.0. The second-order valence-electron chi connectivity index (χ2n) is 8.44. The molecule has 0 atom stereocenters. The third kappa shape index (κ3) is 6.64. The van der Waals surface area contributed by atoms with Crippen LogP contribution in [0, 0.1) is 0 Å². The lowest BCUT2D eigenvalue weighted by atomic mass is 10.2. The summed E-state index contributed by atoms with van der Waals surface area (Å²) in [6.45, 7) is 1.22. The van der Waals surface area contributed by atoms with E-state index < -0.39 is 11.9 Å². The fourth-order valence-corrected chi connectivity index (χ4v) is 4.05. The monoisotopic (exact) mass is 563 g/mol. The van der Waals surface area contributed by atoms with Crippen molar-refractivity contribution in [3.05, 3.63) is 59.3 Å². The molecule has 0 spiro atoms. The number of H-pyrrole nitrogens is 1. The first-order valence-corrected chi connectivity index (χ1v) is 12.3. The van der Waals surface area contributed by atoms with E-state index in [0.717, 1.165) is 6.20 Å². The molecule has 206 valence electrons. The minimum absolute atomic E-state index is 0.0813. The van der Waals surface area contributed by atoms with Gasteiger partial charge in [-0.1, -0.05) is 11.6 Å². The summed E-state index contributed by atoms with van der Waals surface area (Å²) in [5, 5.41) is 14.2. The normalized spacial score (nSPS) is 11.5. The molecule has 0 bridgehead atoms. The molecule has 11 nitrogen and oxygen atoms in total. The van der Waals surface area contributed by atoms with Crippen molar-refractivity contribution >= 4 is 40.6 Å². The van der Waals surface area contributed by atoms with E-state index in [1.54, 1.807) is 6.07 Å². The summed E-state index contributed by atoms with van der Waals surface area (Å²) in [6, 6.07) is 4.68. The number of alkyl halides is 3. The second-order valence-corrected chi connectivity index (χ2v) is 8.85. The van der Waals surface area contributed by atoms with Crippen LogP contribution in [-0.4, -0.2) is 56.0 Å². The topological polar surface area (TPSA) is 155 Å². The van der Waals surface area contributed by atoms with Crippen molar-refractivity contribution in [3.63, 3.8) is 0 Å². The van der Waals surface area contributed by atoms with Gasteiger partial charge in [0.1, 0.15) is 5.69 Å². The average Bonchev–Trinajstić information content (AvgIpc) is 3.55. The molecule has 0 saturated carbocycles. The number of benzene rings is 1. The first-order valence-electron chi connectivity index (χ1n) is 11.9. The quantitative estimate of drug-likeness (QED) is 0.175. The summed E-state index contributed by atoms with van der Waals surface area (Å²) in [5.74, 6) is -0.190. The summed E-state index contributed by atoms with van der Waals surface area (Å²) in [6.07, 6.45) is 2.21. The smallest absolute Gasteiger partial charge is 0.356 e. The van der Waals surface area contributed by atoms with Gasteiger partial charge >= 0.3 is 6.18 Å². The third-order valence-electron chi connectivity index (χ3n) is 5.67. The van der Waals surface area contributed by atoms with Crippen LogP contribution < -0.4 is 21.7 Å². The van der Waals surface area contributed by atoms with E-state index in [1.165, 1.54) is 35.1 Å². The number of fused-ring (bicyclic) bond motifs is 1. The maximum atomic E-state index is 13.4. The van der Waals surface area contributed by atoms with Crippen LogP contribution in [0.4, 0.5) is 24.7 Å². The van der Waals surface area contributed by atoms with Crippen LogP contribution in [0.3, 0.4) is 0 Å². The molecule has 3 heterocycles. The molecule has 1 aromatic carbocycles. The van der Waals surface area contributed by atoms with Crippen molar-refractivity contribution in [2.45, 2.75) is 25.4 Å². The number of halogens is 4. The zero-order valence-electron chi connectivity index (χ0n) is 20.5. The molecule has 0 aliphatic carbocycles. The number of imidazole rings is 1. The number of aromatic amines is 1. The van der Waals surface area contributed by atoms with E-state index in [0.29, 0.717) is 44.6 Å². The molecule has 0 radical (unpaired) electrons. The Kier molecular flexibility index (Phi) is 8.66. The lowest BCUT2D eigenvalue weighted by molar-refractivity contribution is -0.140. The molecular formula is C24H25ClF3N9O2. The molecule has 2 amide bonds. The average molecular weight is 564 g/mol. The summed E-state index contributed by atoms with van der Waals surface area (Å²) in [5.41, 5.74) is 5.43.